The van der Waals surface area contributed by atoms with Crippen LogP contribution in [0.2, 0.25) is 0 Å². The van der Waals surface area contributed by atoms with E-state index >= 15 is 0 Å². The third-order valence-corrected chi connectivity index (χ3v) is 3.35. The van der Waals surface area contributed by atoms with Crippen molar-refractivity contribution < 1.29 is 0 Å². The van der Waals surface area contributed by atoms with Crippen molar-refractivity contribution in [3.63, 3.8) is 0 Å². The van der Waals surface area contributed by atoms with E-state index in [0.717, 1.165) is 37.3 Å². The Kier molecular flexibility index (Phi) is 5.49. The molecule has 0 atom stereocenters. The molecule has 0 aliphatic heterocycles. The van der Waals surface area contributed by atoms with E-state index in [4.69, 9.17) is 0 Å². The van der Waals surface area contributed by atoms with E-state index in [2.05, 4.69) is 64.8 Å². The summed E-state index contributed by atoms with van der Waals surface area (Å²) in [7, 11) is 0. The van der Waals surface area contributed by atoms with Gasteiger partial charge in [0.05, 0.1) is 6.20 Å². The van der Waals surface area contributed by atoms with Gasteiger partial charge in [-0.05, 0) is 30.4 Å². The van der Waals surface area contributed by atoms with Gasteiger partial charge in [0.2, 0.25) is 5.95 Å². The largest absolute Gasteiger partial charge is 0.369 e. The normalized spacial score (nSPS) is 10.4. The lowest BCUT2D eigenvalue weighted by Crippen LogP contribution is -2.08. The van der Waals surface area contributed by atoms with Crippen molar-refractivity contribution in [1.82, 2.24) is 15.2 Å². The zero-order chi connectivity index (χ0) is 15.1. The number of nitrogens with zero attached hydrogens (tertiary/aromatic N) is 3. The molecule has 0 bridgehead atoms. The van der Waals surface area contributed by atoms with Crippen LogP contribution in [0.15, 0.2) is 24.4 Å². The molecule has 112 valence electrons. The van der Waals surface area contributed by atoms with E-state index in [-0.39, 0.29) is 0 Å². The quantitative estimate of drug-likeness (QED) is 0.814. The molecule has 0 unspecified atom stereocenters. The van der Waals surface area contributed by atoms with Crippen LogP contribution in [0.1, 0.15) is 38.3 Å². The van der Waals surface area contributed by atoms with Gasteiger partial charge in [-0.2, -0.15) is 10.1 Å². The van der Waals surface area contributed by atoms with Crippen molar-refractivity contribution in [2.24, 2.45) is 0 Å². The number of hydrogen-bond acceptors (Lipinski definition) is 5. The number of hydrogen-bond donors (Lipinski definition) is 2. The number of benzene rings is 1. The van der Waals surface area contributed by atoms with Crippen LogP contribution in [0.3, 0.4) is 0 Å². The smallest absolute Gasteiger partial charge is 0.249 e. The van der Waals surface area contributed by atoms with E-state index in [1.165, 1.54) is 11.1 Å². The van der Waals surface area contributed by atoms with Gasteiger partial charge >= 0.3 is 0 Å². The summed E-state index contributed by atoms with van der Waals surface area (Å²) in [6.45, 7) is 7.30. The maximum Gasteiger partial charge on any atom is 0.249 e. The summed E-state index contributed by atoms with van der Waals surface area (Å²) in [5, 5.41) is 14.6. The summed E-state index contributed by atoms with van der Waals surface area (Å²) in [5.74, 6) is 1.29. The zero-order valence-corrected chi connectivity index (χ0v) is 13.0. The Morgan fingerprint density at radius 1 is 1.05 bits per heavy atom. The molecule has 1 heterocycles. The van der Waals surface area contributed by atoms with Crippen molar-refractivity contribution in [2.75, 3.05) is 17.2 Å². The van der Waals surface area contributed by atoms with Gasteiger partial charge in [0.15, 0.2) is 5.82 Å². The molecule has 5 heteroatoms. The third kappa shape index (κ3) is 3.90. The van der Waals surface area contributed by atoms with Crippen molar-refractivity contribution in [1.29, 1.82) is 0 Å². The number of rotatable bonds is 7. The minimum atomic E-state index is 0.534. The van der Waals surface area contributed by atoms with Gasteiger partial charge in [0.25, 0.3) is 0 Å². The van der Waals surface area contributed by atoms with Crippen molar-refractivity contribution >= 4 is 17.5 Å². The van der Waals surface area contributed by atoms with E-state index < -0.39 is 0 Å². The Balaban J connectivity index is 2.25. The van der Waals surface area contributed by atoms with Gasteiger partial charge in [-0.3, -0.25) is 0 Å². The average molecular weight is 285 g/mol. The molecule has 5 nitrogen and oxygen atoms in total. The second-order valence-corrected chi connectivity index (χ2v) is 4.88. The SMILES string of the molecule is CCCNc1cnnc(Nc2c(CC)cccc2CC)n1. The van der Waals surface area contributed by atoms with Crippen LogP contribution in [0.5, 0.6) is 0 Å². The van der Waals surface area contributed by atoms with Crippen molar-refractivity contribution in [3.8, 4) is 0 Å². The first-order valence-corrected chi connectivity index (χ1v) is 7.59. The van der Waals surface area contributed by atoms with Crippen molar-refractivity contribution in [2.45, 2.75) is 40.0 Å². The van der Waals surface area contributed by atoms with Gasteiger partial charge < -0.3 is 10.6 Å². The summed E-state index contributed by atoms with van der Waals surface area (Å²) >= 11 is 0. The first-order chi connectivity index (χ1) is 10.3. The molecular formula is C16H23N5. The highest BCUT2D eigenvalue weighted by Crippen LogP contribution is 2.25. The highest BCUT2D eigenvalue weighted by atomic mass is 15.3. The van der Waals surface area contributed by atoms with Gasteiger partial charge in [-0.25, -0.2) is 0 Å². The monoisotopic (exact) mass is 285 g/mol. The van der Waals surface area contributed by atoms with E-state index in [1.54, 1.807) is 6.20 Å². The standard InChI is InChI=1S/C16H23N5/c1-4-10-17-14-11-18-21-16(19-14)20-15-12(5-2)8-7-9-13(15)6-3/h7-9,11H,4-6,10H2,1-3H3,(H2,17,19,20,21). The zero-order valence-electron chi connectivity index (χ0n) is 13.0. The Hall–Kier alpha value is -2.17. The topological polar surface area (TPSA) is 62.7 Å². The highest BCUT2D eigenvalue weighted by Gasteiger charge is 2.08. The molecule has 1 aromatic carbocycles. The maximum absolute atomic E-state index is 4.46. The molecule has 0 aliphatic rings. The number of nitrogens with one attached hydrogen (secondary N) is 2. The first-order valence-electron chi connectivity index (χ1n) is 7.59. The molecule has 0 radical (unpaired) electrons. The minimum absolute atomic E-state index is 0.534. The molecule has 2 rings (SSSR count). The Bertz CT molecular complexity index is 560. The summed E-state index contributed by atoms with van der Waals surface area (Å²) in [4.78, 5) is 4.46. The second-order valence-electron chi connectivity index (χ2n) is 4.88. The van der Waals surface area contributed by atoms with Gasteiger partial charge in [-0.15, -0.1) is 5.10 Å². The van der Waals surface area contributed by atoms with Crippen LogP contribution >= 0.6 is 0 Å². The van der Waals surface area contributed by atoms with E-state index in [9.17, 15) is 0 Å². The molecule has 0 spiro atoms. The highest BCUT2D eigenvalue weighted by molar-refractivity contribution is 5.64. The van der Waals surface area contributed by atoms with Crippen LogP contribution < -0.4 is 10.6 Å². The number of aromatic nitrogens is 3. The molecule has 1 aromatic heterocycles. The lowest BCUT2D eigenvalue weighted by Gasteiger charge is -2.14. The van der Waals surface area contributed by atoms with Crippen LogP contribution in [0.4, 0.5) is 17.5 Å². The summed E-state index contributed by atoms with van der Waals surface area (Å²) < 4.78 is 0. The summed E-state index contributed by atoms with van der Waals surface area (Å²) in [6.07, 6.45) is 4.63. The summed E-state index contributed by atoms with van der Waals surface area (Å²) in [6, 6.07) is 6.36. The average Bonchev–Trinajstić information content (AvgIpc) is 2.53. The first kappa shape index (κ1) is 15.2. The molecule has 0 aliphatic carbocycles. The van der Waals surface area contributed by atoms with Gasteiger partial charge in [0.1, 0.15) is 0 Å². The molecule has 2 aromatic rings. The Morgan fingerprint density at radius 2 is 1.76 bits per heavy atom. The lowest BCUT2D eigenvalue weighted by molar-refractivity contribution is 0.933. The number of para-hydroxylation sites is 1. The van der Waals surface area contributed by atoms with E-state index in [1.807, 2.05) is 0 Å². The fourth-order valence-electron chi connectivity index (χ4n) is 2.21. The molecule has 0 fully saturated rings. The van der Waals surface area contributed by atoms with Crippen molar-refractivity contribution in [3.05, 3.63) is 35.5 Å². The predicted molar refractivity (Wildman–Crippen MR) is 87.1 cm³/mol. The molecular weight excluding hydrogens is 262 g/mol. The fourth-order valence-corrected chi connectivity index (χ4v) is 2.21. The molecule has 21 heavy (non-hydrogen) atoms. The fraction of sp³-hybridized carbons (Fsp3) is 0.438. The predicted octanol–water partition coefficient (Wildman–Crippen LogP) is 3.56. The van der Waals surface area contributed by atoms with Gasteiger partial charge in [-0.1, -0.05) is 39.0 Å². The second kappa shape index (κ2) is 7.57. The van der Waals surface area contributed by atoms with Crippen LogP contribution in [0.25, 0.3) is 0 Å². The molecule has 0 saturated carbocycles. The number of aryl methyl sites for hydroxylation is 2. The molecule has 2 N–H and O–H groups in total. The Morgan fingerprint density at radius 3 is 2.38 bits per heavy atom. The summed E-state index contributed by atoms with van der Waals surface area (Å²) in [5.41, 5.74) is 3.65. The molecule has 0 saturated heterocycles. The third-order valence-electron chi connectivity index (χ3n) is 3.35. The van der Waals surface area contributed by atoms with Crippen LogP contribution in [-0.2, 0) is 12.8 Å². The molecule has 0 amide bonds. The number of anilines is 3. The minimum Gasteiger partial charge on any atom is -0.369 e. The lowest BCUT2D eigenvalue weighted by atomic mass is 10.0. The maximum atomic E-state index is 4.46. The van der Waals surface area contributed by atoms with Crippen LogP contribution in [0, 0.1) is 0 Å². The van der Waals surface area contributed by atoms with Gasteiger partial charge in [0, 0.05) is 12.2 Å². The van der Waals surface area contributed by atoms with Crippen LogP contribution in [-0.4, -0.2) is 21.7 Å². The Labute approximate surface area is 126 Å². The van der Waals surface area contributed by atoms with E-state index in [0.29, 0.717) is 5.95 Å².